The number of aromatic nitrogens is 3. The Hall–Kier alpha value is -0.510. The van der Waals surface area contributed by atoms with Crippen LogP contribution < -0.4 is 0 Å². The van der Waals surface area contributed by atoms with E-state index in [9.17, 15) is 0 Å². The maximum absolute atomic E-state index is 3.84. The smallest absolute Gasteiger partial charge is 0.0692 e. The molecule has 4 heteroatoms. The lowest BCUT2D eigenvalue weighted by atomic mass is 10.7. The van der Waals surface area contributed by atoms with Gasteiger partial charge in [-0.2, -0.15) is 11.8 Å². The van der Waals surface area contributed by atoms with Gasteiger partial charge in [-0.15, -0.1) is 5.10 Å². The highest BCUT2D eigenvalue weighted by molar-refractivity contribution is 7.99. The SMILES string of the molecule is CCSCCn1ccnn1. The van der Waals surface area contributed by atoms with Crippen molar-refractivity contribution in [1.29, 1.82) is 0 Å². The van der Waals surface area contributed by atoms with Gasteiger partial charge in [0.25, 0.3) is 0 Å². The Morgan fingerprint density at radius 3 is 3.10 bits per heavy atom. The predicted molar refractivity (Wildman–Crippen MR) is 43.0 cm³/mol. The van der Waals surface area contributed by atoms with Gasteiger partial charge < -0.3 is 0 Å². The summed E-state index contributed by atoms with van der Waals surface area (Å²) in [5, 5.41) is 7.55. The van der Waals surface area contributed by atoms with E-state index in [2.05, 4.69) is 17.2 Å². The standard InChI is InChI=1S/C6H11N3S/c1-2-10-6-5-9-4-3-7-8-9/h3-4H,2,5-6H2,1H3. The zero-order chi connectivity index (χ0) is 7.23. The molecule has 0 spiro atoms. The summed E-state index contributed by atoms with van der Waals surface area (Å²) >= 11 is 1.92. The van der Waals surface area contributed by atoms with Crippen molar-refractivity contribution in [3.63, 3.8) is 0 Å². The maximum Gasteiger partial charge on any atom is 0.0692 e. The highest BCUT2D eigenvalue weighted by atomic mass is 32.2. The highest BCUT2D eigenvalue weighted by Gasteiger charge is 1.88. The van der Waals surface area contributed by atoms with Crippen LogP contribution in [-0.4, -0.2) is 26.5 Å². The summed E-state index contributed by atoms with van der Waals surface area (Å²) in [6, 6.07) is 0. The summed E-state index contributed by atoms with van der Waals surface area (Å²) in [5.74, 6) is 2.30. The molecular weight excluding hydrogens is 146 g/mol. The van der Waals surface area contributed by atoms with Crippen molar-refractivity contribution in [1.82, 2.24) is 15.0 Å². The van der Waals surface area contributed by atoms with E-state index < -0.39 is 0 Å². The molecule has 0 aliphatic rings. The first-order valence-corrected chi connectivity index (χ1v) is 4.51. The van der Waals surface area contributed by atoms with E-state index in [4.69, 9.17) is 0 Å². The highest BCUT2D eigenvalue weighted by Crippen LogP contribution is 1.98. The Balaban J connectivity index is 2.15. The number of nitrogens with zero attached hydrogens (tertiary/aromatic N) is 3. The Morgan fingerprint density at radius 1 is 1.60 bits per heavy atom. The molecule has 10 heavy (non-hydrogen) atoms. The van der Waals surface area contributed by atoms with E-state index in [-0.39, 0.29) is 0 Å². The normalized spacial score (nSPS) is 10.1. The molecule has 0 aliphatic carbocycles. The number of hydrogen-bond acceptors (Lipinski definition) is 3. The molecule has 0 fully saturated rings. The lowest BCUT2D eigenvalue weighted by Crippen LogP contribution is -2.01. The van der Waals surface area contributed by atoms with Crippen LogP contribution in [0.4, 0.5) is 0 Å². The third-order valence-electron chi connectivity index (χ3n) is 1.14. The van der Waals surface area contributed by atoms with Gasteiger partial charge in [0.15, 0.2) is 0 Å². The molecule has 0 N–H and O–H groups in total. The van der Waals surface area contributed by atoms with Crippen LogP contribution in [0, 0.1) is 0 Å². The third-order valence-corrected chi connectivity index (χ3v) is 2.02. The molecule has 1 aromatic rings. The minimum absolute atomic E-state index is 0.971. The molecular formula is C6H11N3S. The lowest BCUT2D eigenvalue weighted by molar-refractivity contribution is 0.632. The molecule has 0 saturated carbocycles. The number of rotatable bonds is 4. The molecule has 1 aromatic heterocycles. The zero-order valence-corrected chi connectivity index (χ0v) is 6.84. The average molecular weight is 157 g/mol. The van der Waals surface area contributed by atoms with Gasteiger partial charge >= 0.3 is 0 Å². The molecule has 0 radical (unpaired) electrons. The van der Waals surface area contributed by atoms with Gasteiger partial charge in [0.2, 0.25) is 0 Å². The number of thioether (sulfide) groups is 1. The average Bonchev–Trinajstić information content (AvgIpc) is 2.41. The lowest BCUT2D eigenvalue weighted by Gasteiger charge is -1.96. The Kier molecular flexibility index (Phi) is 3.29. The monoisotopic (exact) mass is 157 g/mol. The summed E-state index contributed by atoms with van der Waals surface area (Å²) in [7, 11) is 0. The van der Waals surface area contributed by atoms with Gasteiger partial charge in [-0.05, 0) is 5.75 Å². The summed E-state index contributed by atoms with van der Waals surface area (Å²) in [6.45, 7) is 3.13. The van der Waals surface area contributed by atoms with Crippen molar-refractivity contribution < 1.29 is 0 Å². The van der Waals surface area contributed by atoms with Crippen LogP contribution in [0.25, 0.3) is 0 Å². The molecule has 1 heterocycles. The largest absolute Gasteiger partial charge is 0.252 e. The maximum atomic E-state index is 3.84. The van der Waals surface area contributed by atoms with Crippen molar-refractivity contribution in [2.24, 2.45) is 0 Å². The van der Waals surface area contributed by atoms with Crippen LogP contribution in [-0.2, 0) is 6.54 Å². The molecule has 0 unspecified atom stereocenters. The van der Waals surface area contributed by atoms with Crippen molar-refractivity contribution in [2.45, 2.75) is 13.5 Å². The number of hydrogen-bond donors (Lipinski definition) is 0. The van der Waals surface area contributed by atoms with E-state index in [1.807, 2.05) is 22.6 Å². The summed E-state index contributed by atoms with van der Waals surface area (Å²) < 4.78 is 1.85. The Labute approximate surface area is 64.8 Å². The van der Waals surface area contributed by atoms with E-state index >= 15 is 0 Å². The van der Waals surface area contributed by atoms with E-state index in [1.165, 1.54) is 5.75 Å². The van der Waals surface area contributed by atoms with Gasteiger partial charge in [0.05, 0.1) is 12.7 Å². The second-order valence-electron chi connectivity index (χ2n) is 1.86. The molecule has 1 rings (SSSR count). The Morgan fingerprint density at radius 2 is 2.50 bits per heavy atom. The first kappa shape index (κ1) is 7.60. The van der Waals surface area contributed by atoms with Gasteiger partial charge in [0.1, 0.15) is 0 Å². The van der Waals surface area contributed by atoms with Crippen molar-refractivity contribution >= 4 is 11.8 Å². The summed E-state index contributed by atoms with van der Waals surface area (Å²) in [4.78, 5) is 0. The van der Waals surface area contributed by atoms with Gasteiger partial charge in [-0.3, -0.25) is 4.68 Å². The second kappa shape index (κ2) is 4.33. The first-order valence-electron chi connectivity index (χ1n) is 3.35. The zero-order valence-electron chi connectivity index (χ0n) is 6.03. The third kappa shape index (κ3) is 2.39. The van der Waals surface area contributed by atoms with Gasteiger partial charge in [0, 0.05) is 11.9 Å². The molecule has 0 saturated heterocycles. The van der Waals surface area contributed by atoms with Gasteiger partial charge in [-0.25, -0.2) is 0 Å². The fourth-order valence-corrected chi connectivity index (χ4v) is 1.26. The Bertz CT molecular complexity index is 162. The molecule has 3 nitrogen and oxygen atoms in total. The van der Waals surface area contributed by atoms with E-state index in [1.54, 1.807) is 6.20 Å². The van der Waals surface area contributed by atoms with E-state index in [0.29, 0.717) is 0 Å². The van der Waals surface area contributed by atoms with Crippen LogP contribution in [0.3, 0.4) is 0 Å². The molecule has 0 atom stereocenters. The van der Waals surface area contributed by atoms with Crippen molar-refractivity contribution in [3.8, 4) is 0 Å². The van der Waals surface area contributed by atoms with Crippen molar-refractivity contribution in [2.75, 3.05) is 11.5 Å². The second-order valence-corrected chi connectivity index (χ2v) is 3.26. The first-order chi connectivity index (χ1) is 4.93. The van der Waals surface area contributed by atoms with Crippen LogP contribution in [0.1, 0.15) is 6.92 Å². The predicted octanol–water partition coefficient (Wildman–Crippen LogP) is 1.03. The molecule has 56 valence electrons. The topological polar surface area (TPSA) is 30.7 Å². The summed E-state index contributed by atoms with van der Waals surface area (Å²) in [6.07, 6.45) is 3.59. The fourth-order valence-electron chi connectivity index (χ4n) is 0.654. The van der Waals surface area contributed by atoms with Crippen LogP contribution in [0.5, 0.6) is 0 Å². The molecule has 0 aliphatic heterocycles. The van der Waals surface area contributed by atoms with Crippen molar-refractivity contribution in [3.05, 3.63) is 12.4 Å². The minimum Gasteiger partial charge on any atom is -0.252 e. The molecule has 0 amide bonds. The fraction of sp³-hybridized carbons (Fsp3) is 0.667. The molecule has 0 bridgehead atoms. The van der Waals surface area contributed by atoms with Crippen LogP contribution in [0.2, 0.25) is 0 Å². The van der Waals surface area contributed by atoms with Crippen LogP contribution in [0.15, 0.2) is 12.4 Å². The minimum atomic E-state index is 0.971. The summed E-state index contributed by atoms with van der Waals surface area (Å²) in [5.41, 5.74) is 0. The van der Waals surface area contributed by atoms with Gasteiger partial charge in [-0.1, -0.05) is 12.1 Å². The van der Waals surface area contributed by atoms with Crippen LogP contribution >= 0.6 is 11.8 Å². The number of aryl methyl sites for hydroxylation is 1. The quantitative estimate of drug-likeness (QED) is 0.612. The van der Waals surface area contributed by atoms with E-state index in [0.717, 1.165) is 12.3 Å². The molecule has 0 aromatic carbocycles.